The van der Waals surface area contributed by atoms with Crippen molar-refractivity contribution >= 4 is 11.4 Å². The lowest BCUT2D eigenvalue weighted by Crippen LogP contribution is -2.01. The van der Waals surface area contributed by atoms with Gasteiger partial charge in [-0.15, -0.1) is 0 Å². The first-order valence-electron chi connectivity index (χ1n) is 4.85. The lowest BCUT2D eigenvalue weighted by atomic mass is 10.2. The third-order valence-corrected chi connectivity index (χ3v) is 2.22. The van der Waals surface area contributed by atoms with Crippen LogP contribution in [0.15, 0.2) is 41.0 Å². The summed E-state index contributed by atoms with van der Waals surface area (Å²) in [7, 11) is 0. The Labute approximate surface area is 93.3 Å². The third-order valence-electron chi connectivity index (χ3n) is 2.22. The smallest absolute Gasteiger partial charge is 0.122 e. The van der Waals surface area contributed by atoms with E-state index in [0.717, 1.165) is 11.4 Å². The second-order valence-electron chi connectivity index (χ2n) is 3.35. The van der Waals surface area contributed by atoms with Gasteiger partial charge in [0.2, 0.25) is 0 Å². The summed E-state index contributed by atoms with van der Waals surface area (Å²) in [4.78, 5) is 0. The molecule has 0 atom stereocenters. The van der Waals surface area contributed by atoms with Gasteiger partial charge >= 0.3 is 0 Å². The molecule has 0 saturated carbocycles. The standard InChI is InChI=1S/C12H11N3O/c13-7-9-3-4-11(14)12(6-9)15-8-10-2-1-5-16-10/h1-6,15H,8,14H2. The average molecular weight is 213 g/mol. The van der Waals surface area contributed by atoms with E-state index in [1.54, 1.807) is 24.5 Å². The second kappa shape index (κ2) is 4.41. The fourth-order valence-corrected chi connectivity index (χ4v) is 1.37. The molecule has 16 heavy (non-hydrogen) atoms. The van der Waals surface area contributed by atoms with Gasteiger partial charge in [0.1, 0.15) is 5.76 Å². The van der Waals surface area contributed by atoms with Crippen molar-refractivity contribution in [3.05, 3.63) is 47.9 Å². The van der Waals surface area contributed by atoms with Gasteiger partial charge in [-0.1, -0.05) is 0 Å². The monoisotopic (exact) mass is 213 g/mol. The minimum Gasteiger partial charge on any atom is -0.467 e. The van der Waals surface area contributed by atoms with Crippen molar-refractivity contribution in [1.29, 1.82) is 5.26 Å². The average Bonchev–Trinajstić information content (AvgIpc) is 2.81. The van der Waals surface area contributed by atoms with Crippen LogP contribution in [0.5, 0.6) is 0 Å². The molecule has 0 amide bonds. The van der Waals surface area contributed by atoms with Gasteiger partial charge in [-0.3, -0.25) is 0 Å². The van der Waals surface area contributed by atoms with Crippen molar-refractivity contribution < 1.29 is 4.42 Å². The number of anilines is 2. The van der Waals surface area contributed by atoms with Gasteiger partial charge in [-0.25, -0.2) is 0 Å². The highest BCUT2D eigenvalue weighted by Gasteiger charge is 2.01. The number of nitrogens with two attached hydrogens (primary N) is 1. The maximum atomic E-state index is 8.77. The van der Waals surface area contributed by atoms with Crippen LogP contribution in [0.2, 0.25) is 0 Å². The van der Waals surface area contributed by atoms with Crippen molar-refractivity contribution in [1.82, 2.24) is 0 Å². The molecule has 4 heteroatoms. The molecule has 1 aromatic carbocycles. The second-order valence-corrected chi connectivity index (χ2v) is 3.35. The summed E-state index contributed by atoms with van der Waals surface area (Å²) in [5, 5.41) is 11.9. The molecule has 0 saturated heterocycles. The number of hydrogen-bond donors (Lipinski definition) is 2. The Kier molecular flexibility index (Phi) is 2.79. The van der Waals surface area contributed by atoms with Crippen molar-refractivity contribution in [2.75, 3.05) is 11.1 Å². The fourth-order valence-electron chi connectivity index (χ4n) is 1.37. The number of rotatable bonds is 3. The van der Waals surface area contributed by atoms with Crippen LogP contribution in [0.3, 0.4) is 0 Å². The number of nitrogens with one attached hydrogen (secondary N) is 1. The van der Waals surface area contributed by atoms with Crippen LogP contribution >= 0.6 is 0 Å². The minimum absolute atomic E-state index is 0.548. The molecule has 0 aliphatic carbocycles. The van der Waals surface area contributed by atoms with E-state index >= 15 is 0 Å². The number of nitrogen functional groups attached to an aromatic ring is 1. The van der Waals surface area contributed by atoms with Gasteiger partial charge in [0.25, 0.3) is 0 Å². The Bertz CT molecular complexity index is 512. The van der Waals surface area contributed by atoms with E-state index in [2.05, 4.69) is 11.4 Å². The van der Waals surface area contributed by atoms with Crippen molar-refractivity contribution in [3.8, 4) is 6.07 Å². The fraction of sp³-hybridized carbons (Fsp3) is 0.0833. The van der Waals surface area contributed by atoms with Crippen LogP contribution in [-0.2, 0) is 6.54 Å². The van der Waals surface area contributed by atoms with Crippen LogP contribution in [0, 0.1) is 11.3 Å². The quantitative estimate of drug-likeness (QED) is 0.767. The van der Waals surface area contributed by atoms with E-state index in [-0.39, 0.29) is 0 Å². The number of furan rings is 1. The summed E-state index contributed by atoms with van der Waals surface area (Å²) in [6, 6.07) is 10.9. The predicted molar refractivity (Wildman–Crippen MR) is 61.6 cm³/mol. The van der Waals surface area contributed by atoms with Gasteiger partial charge in [0.05, 0.1) is 35.8 Å². The Morgan fingerprint density at radius 1 is 1.38 bits per heavy atom. The Balaban J connectivity index is 2.12. The van der Waals surface area contributed by atoms with Crippen LogP contribution in [0.1, 0.15) is 11.3 Å². The Morgan fingerprint density at radius 3 is 2.94 bits per heavy atom. The maximum absolute atomic E-state index is 8.77. The van der Waals surface area contributed by atoms with Crippen molar-refractivity contribution in [2.45, 2.75) is 6.54 Å². The van der Waals surface area contributed by atoms with Crippen LogP contribution in [0.25, 0.3) is 0 Å². The molecule has 1 heterocycles. The Morgan fingerprint density at radius 2 is 2.25 bits per heavy atom. The molecule has 1 aromatic heterocycles. The first kappa shape index (κ1) is 10.1. The molecule has 2 aromatic rings. The number of nitriles is 1. The first-order chi connectivity index (χ1) is 7.79. The molecule has 0 aliphatic rings. The molecule has 0 unspecified atom stereocenters. The van der Waals surface area contributed by atoms with Crippen molar-refractivity contribution in [2.24, 2.45) is 0 Å². The lowest BCUT2D eigenvalue weighted by molar-refractivity contribution is 0.518. The lowest BCUT2D eigenvalue weighted by Gasteiger charge is -2.07. The van der Waals surface area contributed by atoms with Gasteiger partial charge in [-0.05, 0) is 30.3 Å². The van der Waals surface area contributed by atoms with E-state index in [1.807, 2.05) is 12.1 Å². The summed E-state index contributed by atoms with van der Waals surface area (Å²) in [5.41, 5.74) is 7.72. The zero-order valence-corrected chi connectivity index (χ0v) is 8.60. The topological polar surface area (TPSA) is 75.0 Å². The number of nitrogens with zero attached hydrogens (tertiary/aromatic N) is 1. The molecule has 2 rings (SSSR count). The zero-order chi connectivity index (χ0) is 11.4. The minimum atomic E-state index is 0.548. The van der Waals surface area contributed by atoms with Crippen molar-refractivity contribution in [3.63, 3.8) is 0 Å². The van der Waals surface area contributed by atoms with Crippen LogP contribution < -0.4 is 11.1 Å². The summed E-state index contributed by atoms with van der Waals surface area (Å²) in [5.74, 6) is 0.821. The largest absolute Gasteiger partial charge is 0.467 e. The van der Waals surface area contributed by atoms with E-state index in [9.17, 15) is 0 Å². The summed E-state index contributed by atoms with van der Waals surface area (Å²) in [6.45, 7) is 0.548. The van der Waals surface area contributed by atoms with Crippen LogP contribution in [0.4, 0.5) is 11.4 Å². The van der Waals surface area contributed by atoms with E-state index in [0.29, 0.717) is 17.8 Å². The molecule has 3 N–H and O–H groups in total. The summed E-state index contributed by atoms with van der Waals surface area (Å²) < 4.78 is 5.18. The SMILES string of the molecule is N#Cc1ccc(N)c(NCc2ccco2)c1. The molecule has 4 nitrogen and oxygen atoms in total. The number of hydrogen-bond acceptors (Lipinski definition) is 4. The summed E-state index contributed by atoms with van der Waals surface area (Å²) >= 11 is 0. The maximum Gasteiger partial charge on any atom is 0.122 e. The van der Waals surface area contributed by atoms with Gasteiger partial charge < -0.3 is 15.5 Å². The highest BCUT2D eigenvalue weighted by Crippen LogP contribution is 2.20. The van der Waals surface area contributed by atoms with Gasteiger partial charge in [0.15, 0.2) is 0 Å². The van der Waals surface area contributed by atoms with E-state index < -0.39 is 0 Å². The van der Waals surface area contributed by atoms with Gasteiger partial charge in [-0.2, -0.15) is 5.26 Å². The molecular formula is C12H11N3O. The van der Waals surface area contributed by atoms with Crippen LogP contribution in [-0.4, -0.2) is 0 Å². The van der Waals surface area contributed by atoms with Gasteiger partial charge in [0, 0.05) is 0 Å². The molecule has 0 bridgehead atoms. The Hall–Kier alpha value is -2.41. The highest BCUT2D eigenvalue weighted by atomic mass is 16.3. The molecule has 80 valence electrons. The molecule has 0 fully saturated rings. The molecular weight excluding hydrogens is 202 g/mol. The number of benzene rings is 1. The molecule has 0 spiro atoms. The molecule has 0 radical (unpaired) electrons. The normalized spacial score (nSPS) is 9.69. The zero-order valence-electron chi connectivity index (χ0n) is 8.60. The highest BCUT2D eigenvalue weighted by molar-refractivity contribution is 5.68. The third kappa shape index (κ3) is 2.15. The van der Waals surface area contributed by atoms with E-state index in [4.69, 9.17) is 15.4 Å². The van der Waals surface area contributed by atoms with E-state index in [1.165, 1.54) is 0 Å². The first-order valence-corrected chi connectivity index (χ1v) is 4.85. The predicted octanol–water partition coefficient (Wildman–Crippen LogP) is 2.35. The summed E-state index contributed by atoms with van der Waals surface area (Å²) in [6.07, 6.45) is 1.62. The molecule has 0 aliphatic heterocycles.